The molecule has 3 heterocycles. The monoisotopic (exact) mass is 314 g/mol. The maximum absolute atomic E-state index is 12.6. The summed E-state index contributed by atoms with van der Waals surface area (Å²) in [5, 5.41) is 0. The molecule has 6 heteroatoms. The lowest BCUT2D eigenvalue weighted by molar-refractivity contribution is 0.0751. The zero-order chi connectivity index (χ0) is 14.9. The van der Waals surface area contributed by atoms with Crippen molar-refractivity contribution in [3.05, 3.63) is 39.8 Å². The number of fused-ring (bicyclic) bond motifs is 1. The molecule has 4 rings (SSSR count). The first-order chi connectivity index (χ1) is 10.8. The van der Waals surface area contributed by atoms with Crippen LogP contribution in [0, 0.1) is 0 Å². The highest BCUT2D eigenvalue weighted by Crippen LogP contribution is 2.31. The summed E-state index contributed by atoms with van der Waals surface area (Å²) >= 11 is 1.69. The quantitative estimate of drug-likeness (QED) is 0.850. The highest BCUT2D eigenvalue weighted by atomic mass is 32.1. The summed E-state index contributed by atoms with van der Waals surface area (Å²) in [6.07, 6.45) is 7.04. The molecule has 0 bridgehead atoms. The van der Waals surface area contributed by atoms with Gasteiger partial charge < -0.3 is 9.80 Å². The predicted molar refractivity (Wildman–Crippen MR) is 86.5 cm³/mol. The second-order valence-electron chi connectivity index (χ2n) is 5.74. The second-order valence-corrected chi connectivity index (χ2v) is 6.88. The van der Waals surface area contributed by atoms with E-state index in [-0.39, 0.29) is 5.91 Å². The Morgan fingerprint density at radius 1 is 1.09 bits per heavy atom. The Morgan fingerprint density at radius 2 is 1.86 bits per heavy atom. The molecule has 1 fully saturated rings. The fraction of sp³-hybridized carbons (Fsp3) is 0.438. The SMILES string of the molecule is O=C(c1cc2c(s1)CCC2)N1CCN(c2ncccn2)CC1. The lowest BCUT2D eigenvalue weighted by Crippen LogP contribution is -2.49. The average Bonchev–Trinajstić information content (AvgIpc) is 3.17. The summed E-state index contributed by atoms with van der Waals surface area (Å²) in [4.78, 5) is 27.6. The van der Waals surface area contributed by atoms with Crippen LogP contribution in [-0.2, 0) is 12.8 Å². The standard InChI is InChI=1S/C16H18N4OS/c21-15(14-11-12-3-1-4-13(12)22-14)19-7-9-20(10-8-19)16-17-5-2-6-18-16/h2,5-6,11H,1,3-4,7-10H2. The van der Waals surface area contributed by atoms with Crippen LogP contribution in [0.3, 0.4) is 0 Å². The van der Waals surface area contributed by atoms with Crippen molar-refractivity contribution in [2.24, 2.45) is 0 Å². The summed E-state index contributed by atoms with van der Waals surface area (Å²) in [5.74, 6) is 0.942. The number of thiophene rings is 1. The number of hydrogen-bond acceptors (Lipinski definition) is 5. The van der Waals surface area contributed by atoms with E-state index in [4.69, 9.17) is 0 Å². The number of rotatable bonds is 2. The van der Waals surface area contributed by atoms with Gasteiger partial charge in [0.05, 0.1) is 4.88 Å². The molecule has 0 atom stereocenters. The molecule has 114 valence electrons. The van der Waals surface area contributed by atoms with Crippen molar-refractivity contribution in [3.63, 3.8) is 0 Å². The number of anilines is 1. The lowest BCUT2D eigenvalue weighted by Gasteiger charge is -2.34. The molecule has 0 unspecified atom stereocenters. The first-order valence-electron chi connectivity index (χ1n) is 7.74. The predicted octanol–water partition coefficient (Wildman–Crippen LogP) is 1.99. The fourth-order valence-corrected chi connectivity index (χ4v) is 4.38. The molecule has 5 nitrogen and oxygen atoms in total. The minimum atomic E-state index is 0.188. The summed E-state index contributed by atoms with van der Waals surface area (Å²) in [6, 6.07) is 3.93. The van der Waals surface area contributed by atoms with Gasteiger partial charge in [0.1, 0.15) is 0 Å². The smallest absolute Gasteiger partial charge is 0.264 e. The Kier molecular flexibility index (Phi) is 3.54. The van der Waals surface area contributed by atoms with Crippen LogP contribution in [-0.4, -0.2) is 47.0 Å². The van der Waals surface area contributed by atoms with Gasteiger partial charge in [-0.05, 0) is 37.0 Å². The van der Waals surface area contributed by atoms with Crippen molar-refractivity contribution in [1.82, 2.24) is 14.9 Å². The van der Waals surface area contributed by atoms with E-state index in [1.165, 1.54) is 16.9 Å². The minimum Gasteiger partial charge on any atom is -0.337 e. The Labute approximate surface area is 133 Å². The van der Waals surface area contributed by atoms with Crippen molar-refractivity contribution in [2.75, 3.05) is 31.1 Å². The van der Waals surface area contributed by atoms with Crippen LogP contribution in [0.25, 0.3) is 0 Å². The zero-order valence-corrected chi connectivity index (χ0v) is 13.2. The lowest BCUT2D eigenvalue weighted by atomic mass is 10.2. The fourth-order valence-electron chi connectivity index (χ4n) is 3.15. The molecule has 1 amide bonds. The molecule has 1 aliphatic heterocycles. The Morgan fingerprint density at radius 3 is 2.59 bits per heavy atom. The largest absolute Gasteiger partial charge is 0.337 e. The number of aromatic nitrogens is 2. The van der Waals surface area contributed by atoms with Crippen LogP contribution < -0.4 is 4.90 Å². The van der Waals surface area contributed by atoms with E-state index in [9.17, 15) is 4.79 Å². The normalized spacial score (nSPS) is 17.6. The third-order valence-electron chi connectivity index (χ3n) is 4.36. The van der Waals surface area contributed by atoms with Crippen molar-refractivity contribution in [2.45, 2.75) is 19.3 Å². The van der Waals surface area contributed by atoms with Crippen LogP contribution in [0.4, 0.5) is 5.95 Å². The molecule has 2 aliphatic rings. The third kappa shape index (κ3) is 2.47. The van der Waals surface area contributed by atoms with Gasteiger partial charge in [0.25, 0.3) is 5.91 Å². The first-order valence-corrected chi connectivity index (χ1v) is 8.56. The Balaban J connectivity index is 1.41. The van der Waals surface area contributed by atoms with Crippen LogP contribution in [0.1, 0.15) is 26.5 Å². The topological polar surface area (TPSA) is 49.3 Å². The molecule has 2 aromatic heterocycles. The van der Waals surface area contributed by atoms with Crippen molar-refractivity contribution in [3.8, 4) is 0 Å². The molecule has 1 saturated heterocycles. The summed E-state index contributed by atoms with van der Waals surface area (Å²) in [5.41, 5.74) is 1.39. The van der Waals surface area contributed by atoms with Gasteiger partial charge in [-0.1, -0.05) is 0 Å². The summed E-state index contributed by atoms with van der Waals surface area (Å²) in [6.45, 7) is 3.06. The maximum atomic E-state index is 12.6. The van der Waals surface area contributed by atoms with Gasteiger partial charge in [0.2, 0.25) is 5.95 Å². The van der Waals surface area contributed by atoms with Gasteiger partial charge >= 0.3 is 0 Å². The molecule has 0 N–H and O–H groups in total. The molecule has 0 aromatic carbocycles. The Bertz CT molecular complexity index is 655. The van der Waals surface area contributed by atoms with Crippen molar-refractivity contribution >= 4 is 23.2 Å². The van der Waals surface area contributed by atoms with Crippen molar-refractivity contribution < 1.29 is 4.79 Å². The molecule has 0 spiro atoms. The molecular weight excluding hydrogens is 296 g/mol. The van der Waals surface area contributed by atoms with Crippen LogP contribution in [0.5, 0.6) is 0 Å². The number of carbonyl (C=O) groups excluding carboxylic acids is 1. The van der Waals surface area contributed by atoms with E-state index in [0.29, 0.717) is 0 Å². The minimum absolute atomic E-state index is 0.188. The number of piperazine rings is 1. The number of aryl methyl sites for hydroxylation is 2. The van der Waals surface area contributed by atoms with E-state index >= 15 is 0 Å². The van der Waals surface area contributed by atoms with Gasteiger partial charge in [0.15, 0.2) is 0 Å². The van der Waals surface area contributed by atoms with Gasteiger partial charge in [-0.3, -0.25) is 4.79 Å². The van der Waals surface area contributed by atoms with Crippen LogP contribution in [0.15, 0.2) is 24.5 Å². The van der Waals surface area contributed by atoms with Crippen molar-refractivity contribution in [1.29, 1.82) is 0 Å². The molecule has 2 aromatic rings. The van der Waals surface area contributed by atoms with Gasteiger partial charge in [0, 0.05) is 43.4 Å². The van der Waals surface area contributed by atoms with Gasteiger partial charge in [-0.25, -0.2) is 9.97 Å². The van der Waals surface area contributed by atoms with E-state index in [1.54, 1.807) is 23.7 Å². The first kappa shape index (κ1) is 13.7. The zero-order valence-electron chi connectivity index (χ0n) is 12.4. The maximum Gasteiger partial charge on any atom is 0.264 e. The highest BCUT2D eigenvalue weighted by molar-refractivity contribution is 7.14. The van der Waals surface area contributed by atoms with Gasteiger partial charge in [-0.15, -0.1) is 11.3 Å². The van der Waals surface area contributed by atoms with E-state index in [0.717, 1.165) is 49.8 Å². The number of carbonyl (C=O) groups is 1. The molecular formula is C16H18N4OS. The van der Waals surface area contributed by atoms with Crippen LogP contribution >= 0.6 is 11.3 Å². The van der Waals surface area contributed by atoms with E-state index < -0.39 is 0 Å². The third-order valence-corrected chi connectivity index (χ3v) is 5.58. The molecule has 0 radical (unpaired) electrons. The average molecular weight is 314 g/mol. The highest BCUT2D eigenvalue weighted by Gasteiger charge is 2.26. The van der Waals surface area contributed by atoms with Crippen LogP contribution in [0.2, 0.25) is 0 Å². The number of nitrogens with zero attached hydrogens (tertiary/aromatic N) is 4. The number of hydrogen-bond donors (Lipinski definition) is 0. The van der Waals surface area contributed by atoms with Gasteiger partial charge in [-0.2, -0.15) is 0 Å². The second kappa shape index (κ2) is 5.68. The summed E-state index contributed by atoms with van der Waals surface area (Å²) < 4.78 is 0. The summed E-state index contributed by atoms with van der Waals surface area (Å²) in [7, 11) is 0. The van der Waals surface area contributed by atoms with E-state index in [1.807, 2.05) is 11.0 Å². The number of amides is 1. The Hall–Kier alpha value is -1.95. The molecule has 0 saturated carbocycles. The van der Waals surface area contributed by atoms with E-state index in [2.05, 4.69) is 20.9 Å². The molecule has 22 heavy (non-hydrogen) atoms. The molecule has 1 aliphatic carbocycles.